The first-order valence-electron chi connectivity index (χ1n) is 11.2. The van der Waals surface area contributed by atoms with Crippen molar-refractivity contribution in [3.05, 3.63) is 46.5 Å². The zero-order valence-corrected chi connectivity index (χ0v) is 19.3. The van der Waals surface area contributed by atoms with E-state index in [1.54, 1.807) is 0 Å². The molecule has 3 rings (SSSR count). The van der Waals surface area contributed by atoms with Gasteiger partial charge in [0.1, 0.15) is 0 Å². The molecule has 1 aliphatic heterocycles. The van der Waals surface area contributed by atoms with Crippen molar-refractivity contribution < 1.29 is 19.4 Å². The summed E-state index contributed by atoms with van der Waals surface area (Å²) in [5.41, 5.74) is 1.17. The van der Waals surface area contributed by atoms with Crippen molar-refractivity contribution in [3.63, 3.8) is 0 Å². The average Bonchev–Trinajstić information content (AvgIpc) is 2.94. The molecule has 6 heteroatoms. The molecule has 1 saturated heterocycles. The van der Waals surface area contributed by atoms with Crippen LogP contribution in [0.1, 0.15) is 56.9 Å². The van der Waals surface area contributed by atoms with Gasteiger partial charge in [-0.2, -0.15) is 0 Å². The van der Waals surface area contributed by atoms with Gasteiger partial charge in [0, 0.05) is 16.9 Å². The Morgan fingerprint density at radius 1 is 1.07 bits per heavy atom. The second-order valence-electron chi connectivity index (χ2n) is 8.27. The summed E-state index contributed by atoms with van der Waals surface area (Å²) in [5.74, 6) is -0.765. The second kappa shape index (κ2) is 12.6. The van der Waals surface area contributed by atoms with Crippen LogP contribution in [-0.4, -0.2) is 53.9 Å². The molecule has 0 bridgehead atoms. The molecule has 2 fully saturated rings. The van der Waals surface area contributed by atoms with Gasteiger partial charge < -0.3 is 14.6 Å². The molecule has 0 amide bonds. The fraction of sp³-hybridized carbons (Fsp3) is 0.625. The zero-order chi connectivity index (χ0) is 21.2. The molecule has 1 saturated carbocycles. The molecule has 0 unspecified atom stereocenters. The number of allylic oxidation sites excluding steroid dienone is 1. The van der Waals surface area contributed by atoms with Gasteiger partial charge in [-0.15, -0.1) is 0 Å². The standard InChI is InChI=1S/C24H34BrNO4/c25-20-11-9-19(10-12-20)18-30-22-14-13-21(26-15-5-1-2-6-16-26)24(22)29-17-7-3-4-8-23(27)28/h3,7,9-12,21-22,24H,1-2,4-6,8,13-18H2,(H,27,28)/t21-,22+,24+/m0/s1. The van der Waals surface area contributed by atoms with E-state index in [0.717, 1.165) is 30.4 Å². The Morgan fingerprint density at radius 3 is 2.50 bits per heavy atom. The van der Waals surface area contributed by atoms with Crippen molar-refractivity contribution in [2.75, 3.05) is 19.7 Å². The van der Waals surface area contributed by atoms with Crippen LogP contribution in [0.3, 0.4) is 0 Å². The molecule has 0 aromatic heterocycles. The lowest BCUT2D eigenvalue weighted by molar-refractivity contribution is -0.136. The molecule has 2 aliphatic rings. The molecule has 3 atom stereocenters. The first kappa shape index (κ1) is 23.5. The van der Waals surface area contributed by atoms with Gasteiger partial charge >= 0.3 is 5.97 Å². The van der Waals surface area contributed by atoms with Crippen LogP contribution < -0.4 is 0 Å². The number of halogens is 1. The van der Waals surface area contributed by atoms with E-state index >= 15 is 0 Å². The maximum absolute atomic E-state index is 10.6. The van der Waals surface area contributed by atoms with E-state index < -0.39 is 5.97 Å². The Morgan fingerprint density at radius 2 is 1.80 bits per heavy atom. The molecule has 1 aromatic rings. The molecule has 30 heavy (non-hydrogen) atoms. The van der Waals surface area contributed by atoms with Gasteiger partial charge in [-0.05, 0) is 62.9 Å². The Labute approximate surface area is 188 Å². The number of benzene rings is 1. The minimum atomic E-state index is -0.765. The highest BCUT2D eigenvalue weighted by Gasteiger charge is 2.40. The van der Waals surface area contributed by atoms with E-state index in [4.69, 9.17) is 14.6 Å². The minimum Gasteiger partial charge on any atom is -0.481 e. The number of hydrogen-bond acceptors (Lipinski definition) is 4. The average molecular weight is 480 g/mol. The summed E-state index contributed by atoms with van der Waals surface area (Å²) in [6, 6.07) is 8.68. The van der Waals surface area contributed by atoms with E-state index in [1.807, 2.05) is 24.3 Å². The molecule has 0 radical (unpaired) electrons. The number of ether oxygens (including phenoxy) is 2. The van der Waals surface area contributed by atoms with E-state index in [9.17, 15) is 4.79 Å². The lowest BCUT2D eigenvalue weighted by Crippen LogP contribution is -2.45. The van der Waals surface area contributed by atoms with Crippen LogP contribution >= 0.6 is 15.9 Å². The summed E-state index contributed by atoms with van der Waals surface area (Å²) in [4.78, 5) is 13.3. The first-order valence-corrected chi connectivity index (χ1v) is 12.0. The molecule has 5 nitrogen and oxygen atoms in total. The third-order valence-electron chi connectivity index (χ3n) is 6.06. The molecule has 0 spiro atoms. The van der Waals surface area contributed by atoms with Crippen LogP contribution in [0.2, 0.25) is 0 Å². The summed E-state index contributed by atoms with van der Waals surface area (Å²) >= 11 is 3.48. The van der Waals surface area contributed by atoms with Crippen LogP contribution in [-0.2, 0) is 20.9 Å². The van der Waals surface area contributed by atoms with Crippen molar-refractivity contribution in [2.24, 2.45) is 0 Å². The predicted molar refractivity (Wildman–Crippen MR) is 122 cm³/mol. The van der Waals surface area contributed by atoms with Gasteiger partial charge in [0.05, 0.1) is 25.4 Å². The van der Waals surface area contributed by atoms with Gasteiger partial charge in [0.15, 0.2) is 0 Å². The maximum Gasteiger partial charge on any atom is 0.303 e. The smallest absolute Gasteiger partial charge is 0.303 e. The highest BCUT2D eigenvalue weighted by Crippen LogP contribution is 2.32. The van der Waals surface area contributed by atoms with Gasteiger partial charge in [-0.3, -0.25) is 9.69 Å². The number of rotatable bonds is 10. The van der Waals surface area contributed by atoms with Crippen molar-refractivity contribution in [1.82, 2.24) is 4.90 Å². The fourth-order valence-corrected chi connectivity index (χ4v) is 4.73. The van der Waals surface area contributed by atoms with E-state index in [2.05, 4.69) is 33.0 Å². The normalized spacial score (nSPS) is 25.6. The largest absolute Gasteiger partial charge is 0.481 e. The number of carboxylic acid groups (broad SMARTS) is 1. The number of aliphatic carboxylic acids is 1. The molecule has 1 N–H and O–H groups in total. The lowest BCUT2D eigenvalue weighted by atomic mass is 10.1. The van der Waals surface area contributed by atoms with Gasteiger partial charge in [0.2, 0.25) is 0 Å². The number of likely N-dealkylation sites (tertiary alicyclic amines) is 1. The first-order chi connectivity index (χ1) is 14.6. The van der Waals surface area contributed by atoms with Crippen LogP contribution in [0.5, 0.6) is 0 Å². The van der Waals surface area contributed by atoms with Crippen LogP contribution in [0.4, 0.5) is 0 Å². The Kier molecular flexibility index (Phi) is 9.85. The predicted octanol–water partition coefficient (Wildman–Crippen LogP) is 5.18. The summed E-state index contributed by atoms with van der Waals surface area (Å²) < 4.78 is 13.7. The van der Waals surface area contributed by atoms with Gasteiger partial charge in [-0.25, -0.2) is 0 Å². The number of hydrogen-bond donors (Lipinski definition) is 1. The number of carbonyl (C=O) groups is 1. The maximum atomic E-state index is 10.6. The van der Waals surface area contributed by atoms with Crippen LogP contribution in [0, 0.1) is 0 Å². The van der Waals surface area contributed by atoms with Crippen molar-refractivity contribution in [1.29, 1.82) is 0 Å². The van der Waals surface area contributed by atoms with Gasteiger partial charge in [-0.1, -0.05) is 53.1 Å². The summed E-state index contributed by atoms with van der Waals surface area (Å²) in [7, 11) is 0. The Hall–Kier alpha value is -1.21. The quantitative estimate of drug-likeness (QED) is 0.468. The van der Waals surface area contributed by atoms with Crippen molar-refractivity contribution in [2.45, 2.75) is 76.2 Å². The molecule has 166 valence electrons. The molecular formula is C24H34BrNO4. The van der Waals surface area contributed by atoms with Crippen LogP contribution in [0.25, 0.3) is 0 Å². The third kappa shape index (κ3) is 7.49. The second-order valence-corrected chi connectivity index (χ2v) is 9.19. The molecular weight excluding hydrogens is 446 g/mol. The third-order valence-corrected chi connectivity index (χ3v) is 6.58. The lowest BCUT2D eigenvalue weighted by Gasteiger charge is -2.33. The van der Waals surface area contributed by atoms with E-state index in [0.29, 0.717) is 25.7 Å². The van der Waals surface area contributed by atoms with Gasteiger partial charge in [0.25, 0.3) is 0 Å². The Bertz CT molecular complexity index is 670. The molecule has 1 aromatic carbocycles. The SMILES string of the molecule is O=C(O)CCC=CCO[C@H]1[C@H](OCc2ccc(Br)cc2)CC[C@@H]1N1CCCCCC1. The summed E-state index contributed by atoms with van der Waals surface area (Å²) in [6.45, 7) is 3.41. The van der Waals surface area contributed by atoms with Crippen LogP contribution in [0.15, 0.2) is 40.9 Å². The highest BCUT2D eigenvalue weighted by molar-refractivity contribution is 9.10. The Balaban J connectivity index is 1.57. The molecule has 1 aliphatic carbocycles. The molecule has 1 heterocycles. The van der Waals surface area contributed by atoms with E-state index in [-0.39, 0.29) is 18.6 Å². The van der Waals surface area contributed by atoms with Crippen molar-refractivity contribution >= 4 is 21.9 Å². The zero-order valence-electron chi connectivity index (χ0n) is 17.7. The van der Waals surface area contributed by atoms with E-state index in [1.165, 1.54) is 31.2 Å². The van der Waals surface area contributed by atoms with Crippen molar-refractivity contribution in [3.8, 4) is 0 Å². The number of carboxylic acids is 1. The topological polar surface area (TPSA) is 59.0 Å². The number of nitrogens with zero attached hydrogens (tertiary/aromatic N) is 1. The monoisotopic (exact) mass is 479 g/mol. The highest BCUT2D eigenvalue weighted by atomic mass is 79.9. The summed E-state index contributed by atoms with van der Waals surface area (Å²) in [5, 5.41) is 8.76. The fourth-order valence-electron chi connectivity index (χ4n) is 4.47. The minimum absolute atomic E-state index is 0.0580. The summed E-state index contributed by atoms with van der Waals surface area (Å²) in [6.07, 6.45) is 12.0.